The molecule has 2 aliphatic carbocycles. The van der Waals surface area contributed by atoms with Crippen molar-refractivity contribution in [3.8, 4) is 0 Å². The first-order valence-corrected chi connectivity index (χ1v) is 12.5. The SMILES string of the molecule is O=C1C2C3C=CC(C3)C2C(=O)N1c1ccc(C2=Nc3c(ccc4cccnc34)/C=C\CCC2)cc1. The van der Waals surface area contributed by atoms with Crippen LogP contribution in [0.25, 0.3) is 17.0 Å². The monoisotopic (exact) mass is 459 g/mol. The van der Waals surface area contributed by atoms with E-state index in [0.717, 1.165) is 59.1 Å². The zero-order chi connectivity index (χ0) is 23.5. The van der Waals surface area contributed by atoms with Crippen LogP contribution in [-0.2, 0) is 9.59 Å². The highest BCUT2D eigenvalue weighted by atomic mass is 16.2. The molecule has 35 heavy (non-hydrogen) atoms. The first-order chi connectivity index (χ1) is 17.2. The quantitative estimate of drug-likeness (QED) is 0.356. The van der Waals surface area contributed by atoms with Crippen LogP contribution < -0.4 is 4.90 Å². The Morgan fingerprint density at radius 1 is 0.886 bits per heavy atom. The maximum atomic E-state index is 13.2. The molecular formula is C30H25N3O2. The van der Waals surface area contributed by atoms with Crippen LogP contribution in [0.2, 0.25) is 0 Å². The highest BCUT2D eigenvalue weighted by molar-refractivity contribution is 6.23. The first-order valence-electron chi connectivity index (χ1n) is 12.5. The van der Waals surface area contributed by atoms with Crippen molar-refractivity contribution in [1.82, 2.24) is 4.98 Å². The fourth-order valence-corrected chi connectivity index (χ4v) is 6.35. The van der Waals surface area contributed by atoms with E-state index in [2.05, 4.69) is 47.5 Å². The minimum atomic E-state index is -0.180. The van der Waals surface area contributed by atoms with Gasteiger partial charge in [-0.05, 0) is 61.3 Å². The van der Waals surface area contributed by atoms with E-state index in [0.29, 0.717) is 5.69 Å². The highest BCUT2D eigenvalue weighted by Gasteiger charge is 2.59. The van der Waals surface area contributed by atoms with Gasteiger partial charge >= 0.3 is 0 Å². The fourth-order valence-electron chi connectivity index (χ4n) is 6.35. The van der Waals surface area contributed by atoms with Crippen molar-refractivity contribution in [2.45, 2.75) is 25.7 Å². The molecule has 1 saturated carbocycles. The van der Waals surface area contributed by atoms with Gasteiger partial charge in [0.15, 0.2) is 0 Å². The maximum Gasteiger partial charge on any atom is 0.238 e. The molecule has 2 fully saturated rings. The van der Waals surface area contributed by atoms with Crippen LogP contribution in [0.5, 0.6) is 0 Å². The van der Waals surface area contributed by atoms with Gasteiger partial charge in [-0.25, -0.2) is 4.99 Å². The van der Waals surface area contributed by atoms with E-state index in [9.17, 15) is 9.59 Å². The number of allylic oxidation sites excluding steroid dienone is 3. The van der Waals surface area contributed by atoms with Crippen LogP contribution in [0.4, 0.5) is 11.4 Å². The van der Waals surface area contributed by atoms with E-state index < -0.39 is 0 Å². The van der Waals surface area contributed by atoms with Gasteiger partial charge < -0.3 is 0 Å². The number of fused-ring (bicyclic) bond motifs is 8. The minimum absolute atomic E-state index is 0.0399. The zero-order valence-electron chi connectivity index (χ0n) is 19.3. The molecule has 2 aliphatic heterocycles. The Kier molecular flexibility index (Phi) is 4.59. The fraction of sp³-hybridized carbons (Fsp3) is 0.267. The standard InChI is InChI=1S/C30H25N3O2/c34-29-25-21-10-11-22(17-21)26(25)30(35)33(29)23-14-12-18(13-15-23)24-7-3-1-2-5-20-9-8-19-6-4-16-31-27(19)28(20)32-24/h2,4-6,8-16,21-22,25-26H,1,3,7,17H2/b5-2-,32-24?. The van der Waals surface area contributed by atoms with Crippen molar-refractivity contribution in [3.05, 3.63) is 84.1 Å². The van der Waals surface area contributed by atoms with E-state index in [-0.39, 0.29) is 35.5 Å². The van der Waals surface area contributed by atoms with Crippen molar-refractivity contribution >= 4 is 45.9 Å². The molecule has 3 aromatic rings. The van der Waals surface area contributed by atoms with Crippen LogP contribution >= 0.6 is 0 Å². The summed E-state index contributed by atoms with van der Waals surface area (Å²) in [7, 11) is 0. The lowest BCUT2D eigenvalue weighted by atomic mass is 9.85. The Balaban J connectivity index is 1.25. The van der Waals surface area contributed by atoms with Gasteiger partial charge in [0.25, 0.3) is 0 Å². The minimum Gasteiger partial charge on any atom is -0.274 e. The van der Waals surface area contributed by atoms with Crippen molar-refractivity contribution in [3.63, 3.8) is 0 Å². The van der Waals surface area contributed by atoms with Gasteiger partial charge in [-0.2, -0.15) is 0 Å². The Labute approximate surface area is 203 Å². The van der Waals surface area contributed by atoms with Gasteiger partial charge in [-0.3, -0.25) is 19.5 Å². The van der Waals surface area contributed by atoms with Gasteiger partial charge in [0.1, 0.15) is 0 Å². The van der Waals surface area contributed by atoms with Gasteiger partial charge in [-0.1, -0.05) is 54.6 Å². The average Bonchev–Trinajstić information content (AvgIpc) is 3.58. The number of nitrogens with zero attached hydrogens (tertiary/aromatic N) is 3. The predicted octanol–water partition coefficient (Wildman–Crippen LogP) is 5.86. The summed E-state index contributed by atoms with van der Waals surface area (Å²) in [4.78, 5) is 37.6. The molecule has 4 atom stereocenters. The molecule has 2 aromatic carbocycles. The molecule has 2 amide bonds. The molecule has 5 nitrogen and oxygen atoms in total. The molecule has 3 heterocycles. The molecular weight excluding hydrogens is 434 g/mol. The number of anilines is 1. The molecule has 1 saturated heterocycles. The number of pyridine rings is 1. The molecule has 2 bridgehead atoms. The zero-order valence-corrected chi connectivity index (χ0v) is 19.3. The molecule has 5 heteroatoms. The third kappa shape index (κ3) is 3.14. The molecule has 4 aliphatic rings. The second-order valence-electron chi connectivity index (χ2n) is 9.99. The van der Waals surface area contributed by atoms with E-state index >= 15 is 0 Å². The third-order valence-corrected chi connectivity index (χ3v) is 8.04. The molecule has 1 aromatic heterocycles. The van der Waals surface area contributed by atoms with Crippen LogP contribution in [0.15, 0.2) is 77.9 Å². The van der Waals surface area contributed by atoms with E-state index in [1.54, 1.807) is 0 Å². The summed E-state index contributed by atoms with van der Waals surface area (Å²) in [6, 6.07) is 16.0. The lowest BCUT2D eigenvalue weighted by Crippen LogP contribution is -2.32. The summed E-state index contributed by atoms with van der Waals surface area (Å²) >= 11 is 0. The summed E-state index contributed by atoms with van der Waals surface area (Å²) in [5.74, 6) is -0.00247. The summed E-state index contributed by atoms with van der Waals surface area (Å²) in [6.07, 6.45) is 14.2. The maximum absolute atomic E-state index is 13.2. The van der Waals surface area contributed by atoms with Crippen LogP contribution in [0.1, 0.15) is 36.8 Å². The average molecular weight is 460 g/mol. The number of aromatic nitrogens is 1. The van der Waals surface area contributed by atoms with Crippen LogP contribution in [0.3, 0.4) is 0 Å². The Morgan fingerprint density at radius 3 is 2.43 bits per heavy atom. The number of rotatable bonds is 2. The summed E-state index contributed by atoms with van der Waals surface area (Å²) in [5.41, 5.74) is 5.52. The lowest BCUT2D eigenvalue weighted by molar-refractivity contribution is -0.123. The molecule has 0 N–H and O–H groups in total. The normalized spacial score (nSPS) is 27.9. The molecule has 4 unspecified atom stereocenters. The number of hydrogen-bond donors (Lipinski definition) is 0. The number of imide groups is 1. The van der Waals surface area contributed by atoms with E-state index in [4.69, 9.17) is 4.99 Å². The van der Waals surface area contributed by atoms with Gasteiger partial charge in [0, 0.05) is 22.9 Å². The van der Waals surface area contributed by atoms with Crippen molar-refractivity contribution in [2.24, 2.45) is 28.7 Å². The van der Waals surface area contributed by atoms with Gasteiger partial charge in [0.05, 0.1) is 28.7 Å². The first kappa shape index (κ1) is 20.5. The Bertz CT molecular complexity index is 1440. The molecule has 0 spiro atoms. The summed E-state index contributed by atoms with van der Waals surface area (Å²) in [6.45, 7) is 0. The largest absolute Gasteiger partial charge is 0.274 e. The summed E-state index contributed by atoms with van der Waals surface area (Å²) < 4.78 is 0. The lowest BCUT2D eigenvalue weighted by Gasteiger charge is -2.18. The van der Waals surface area contributed by atoms with Gasteiger partial charge in [0.2, 0.25) is 11.8 Å². The number of hydrogen-bond acceptors (Lipinski definition) is 4. The Hall–Kier alpha value is -3.86. The van der Waals surface area contributed by atoms with E-state index in [1.807, 2.05) is 36.5 Å². The number of amides is 2. The predicted molar refractivity (Wildman–Crippen MR) is 137 cm³/mol. The van der Waals surface area contributed by atoms with E-state index in [1.165, 1.54) is 4.90 Å². The van der Waals surface area contributed by atoms with Crippen molar-refractivity contribution < 1.29 is 9.59 Å². The van der Waals surface area contributed by atoms with Crippen molar-refractivity contribution in [1.29, 1.82) is 0 Å². The highest BCUT2D eigenvalue weighted by Crippen LogP contribution is 2.53. The number of carbonyl (C=O) groups is 2. The molecule has 0 radical (unpaired) electrons. The topological polar surface area (TPSA) is 62.6 Å². The number of carbonyl (C=O) groups excluding carboxylic acids is 2. The number of benzene rings is 2. The second-order valence-corrected chi connectivity index (χ2v) is 9.99. The molecule has 7 rings (SSSR count). The second kappa shape index (κ2) is 7.84. The van der Waals surface area contributed by atoms with Crippen LogP contribution in [0, 0.1) is 23.7 Å². The third-order valence-electron chi connectivity index (χ3n) is 8.04. The van der Waals surface area contributed by atoms with Crippen LogP contribution in [-0.4, -0.2) is 22.5 Å². The smallest absolute Gasteiger partial charge is 0.238 e. The van der Waals surface area contributed by atoms with Crippen molar-refractivity contribution in [2.75, 3.05) is 4.90 Å². The molecule has 172 valence electrons. The number of aliphatic imine (C=N–C) groups is 1. The Morgan fingerprint density at radius 2 is 1.66 bits per heavy atom. The summed E-state index contributed by atoms with van der Waals surface area (Å²) in [5, 5.41) is 1.07. The van der Waals surface area contributed by atoms with Gasteiger partial charge in [-0.15, -0.1) is 0 Å².